The molecule has 2 aliphatic rings. The first-order chi connectivity index (χ1) is 13.5. The number of carbonyl (C=O) groups is 3. The number of nitrogens with zero attached hydrogens (tertiary/aromatic N) is 1. The smallest absolute Gasteiger partial charge is 0.338 e. The number of amides is 1. The summed E-state index contributed by atoms with van der Waals surface area (Å²) in [7, 11) is -3.63. The number of ketones is 1. The average Bonchev–Trinajstić information content (AvgIpc) is 2.64. The van der Waals surface area contributed by atoms with Crippen molar-refractivity contribution in [2.24, 2.45) is 5.41 Å². The molecule has 1 aromatic carbocycles. The predicted octanol–water partition coefficient (Wildman–Crippen LogP) is 1.67. The normalized spacial score (nSPS) is 20.6. The fourth-order valence-corrected chi connectivity index (χ4v) is 4.74. The van der Waals surface area contributed by atoms with Crippen LogP contribution in [0.1, 0.15) is 37.6 Å². The van der Waals surface area contributed by atoms with Crippen LogP contribution in [0.25, 0.3) is 0 Å². The van der Waals surface area contributed by atoms with Gasteiger partial charge in [0.05, 0.1) is 17.7 Å². The lowest BCUT2D eigenvalue weighted by Gasteiger charge is -2.44. The van der Waals surface area contributed by atoms with Gasteiger partial charge in [0.2, 0.25) is 11.8 Å². The lowest BCUT2D eigenvalue weighted by molar-refractivity contribution is -0.145. The van der Waals surface area contributed by atoms with E-state index in [2.05, 4.69) is 0 Å². The van der Waals surface area contributed by atoms with Crippen molar-refractivity contribution in [3.05, 3.63) is 47.4 Å². The highest BCUT2D eigenvalue weighted by Gasteiger charge is 2.52. The quantitative estimate of drug-likeness (QED) is 0.508. The molecule has 1 atom stereocenters. The summed E-state index contributed by atoms with van der Waals surface area (Å²) in [6, 6.07) is 8.25. The summed E-state index contributed by atoms with van der Waals surface area (Å²) in [6.45, 7) is 4.53. The number of sulfone groups is 1. The molecule has 0 aromatic heterocycles. The molecule has 2 aliphatic heterocycles. The third-order valence-electron chi connectivity index (χ3n) is 4.78. The third-order valence-corrected chi connectivity index (χ3v) is 6.74. The highest BCUT2D eigenvalue weighted by molar-refractivity contribution is 7.92. The summed E-state index contributed by atoms with van der Waals surface area (Å²) in [5, 5.41) is -0.997. The monoisotopic (exact) mass is 421 g/mol. The van der Waals surface area contributed by atoms with Crippen LogP contribution >= 0.6 is 0 Å². The number of carbonyl (C=O) groups excluding carboxylic acids is 3. The molecule has 0 saturated carbocycles. The number of hydrogen-bond donors (Lipinski definition) is 0. The molecule has 0 aliphatic carbocycles. The minimum atomic E-state index is -3.63. The molecule has 1 aromatic rings. The maximum Gasteiger partial charge on any atom is 0.338 e. The zero-order chi connectivity index (χ0) is 21.4. The van der Waals surface area contributed by atoms with Crippen LogP contribution in [-0.2, 0) is 28.9 Å². The van der Waals surface area contributed by atoms with Crippen molar-refractivity contribution in [3.8, 4) is 0 Å². The van der Waals surface area contributed by atoms with Crippen LogP contribution in [0.15, 0.2) is 41.8 Å². The van der Waals surface area contributed by atoms with E-state index in [0.29, 0.717) is 5.56 Å². The fourth-order valence-electron chi connectivity index (χ4n) is 2.93. The Morgan fingerprint density at radius 3 is 2.41 bits per heavy atom. The van der Waals surface area contributed by atoms with E-state index >= 15 is 0 Å². The molecule has 0 bridgehead atoms. The van der Waals surface area contributed by atoms with E-state index in [1.54, 1.807) is 51.1 Å². The number of benzene rings is 1. The van der Waals surface area contributed by atoms with Gasteiger partial charge in [-0.1, -0.05) is 39.0 Å². The maximum atomic E-state index is 12.5. The van der Waals surface area contributed by atoms with Crippen molar-refractivity contribution in [2.75, 3.05) is 19.0 Å². The summed E-state index contributed by atoms with van der Waals surface area (Å²) in [4.78, 5) is 37.5. The first kappa shape index (κ1) is 21.0. The van der Waals surface area contributed by atoms with Crippen molar-refractivity contribution < 1.29 is 32.3 Å². The van der Waals surface area contributed by atoms with E-state index in [-0.39, 0.29) is 36.9 Å². The Morgan fingerprint density at radius 2 is 1.83 bits per heavy atom. The van der Waals surface area contributed by atoms with Crippen LogP contribution in [0, 0.1) is 5.41 Å². The second-order valence-electron chi connectivity index (χ2n) is 8.04. The SMILES string of the molecule is CC(C)(C)C(=O)COC1=C(COC(=O)c2ccccc2)CS(=O)(=O)[C@@H]2CC(=O)N12. The zero-order valence-corrected chi connectivity index (χ0v) is 17.3. The minimum absolute atomic E-state index is 0.000429. The molecule has 1 saturated heterocycles. The molecule has 1 amide bonds. The van der Waals surface area contributed by atoms with Crippen LogP contribution in [0.2, 0.25) is 0 Å². The van der Waals surface area contributed by atoms with Crippen LogP contribution in [0.3, 0.4) is 0 Å². The Balaban J connectivity index is 1.84. The maximum absolute atomic E-state index is 12.5. The largest absolute Gasteiger partial charge is 0.471 e. The molecule has 3 rings (SSSR count). The van der Waals surface area contributed by atoms with E-state index in [9.17, 15) is 22.8 Å². The molecule has 29 heavy (non-hydrogen) atoms. The summed E-state index contributed by atoms with van der Waals surface area (Å²) < 4.78 is 35.8. The van der Waals surface area contributed by atoms with Gasteiger partial charge in [0, 0.05) is 11.0 Å². The highest BCUT2D eigenvalue weighted by atomic mass is 32.2. The summed E-state index contributed by atoms with van der Waals surface area (Å²) >= 11 is 0. The molecule has 1 fully saturated rings. The lowest BCUT2D eigenvalue weighted by Crippen LogP contribution is -2.59. The van der Waals surface area contributed by atoms with Gasteiger partial charge >= 0.3 is 5.97 Å². The summed E-state index contributed by atoms with van der Waals surface area (Å²) in [5.74, 6) is -1.65. The van der Waals surface area contributed by atoms with Gasteiger partial charge in [-0.3, -0.25) is 14.5 Å². The van der Waals surface area contributed by atoms with Crippen LogP contribution < -0.4 is 0 Å². The predicted molar refractivity (Wildman–Crippen MR) is 103 cm³/mol. The Morgan fingerprint density at radius 1 is 1.17 bits per heavy atom. The van der Waals surface area contributed by atoms with Gasteiger partial charge in [0.25, 0.3) is 0 Å². The van der Waals surface area contributed by atoms with Crippen molar-refractivity contribution in [3.63, 3.8) is 0 Å². The van der Waals surface area contributed by atoms with Crippen LogP contribution in [0.4, 0.5) is 0 Å². The second kappa shape index (κ2) is 7.62. The van der Waals surface area contributed by atoms with E-state index in [1.165, 1.54) is 0 Å². The number of Topliss-reactive ketones (excluding diaryl/α,β-unsaturated/α-hetero) is 1. The van der Waals surface area contributed by atoms with Crippen molar-refractivity contribution in [1.29, 1.82) is 0 Å². The van der Waals surface area contributed by atoms with E-state index in [1.807, 2.05) is 0 Å². The first-order valence-corrected chi connectivity index (χ1v) is 10.9. The van der Waals surface area contributed by atoms with E-state index in [4.69, 9.17) is 9.47 Å². The van der Waals surface area contributed by atoms with Gasteiger partial charge in [-0.2, -0.15) is 0 Å². The Bertz CT molecular complexity index is 974. The molecule has 2 heterocycles. The standard InChI is InChI=1S/C20H23NO7S/c1-20(2,3)15(22)11-27-18-14(10-28-19(24)13-7-5-4-6-8-13)12-29(25,26)17-9-16(23)21(17)18/h4-8,17H,9-12H2,1-3H3/t17-/m1/s1. The van der Waals surface area contributed by atoms with Gasteiger partial charge < -0.3 is 9.47 Å². The van der Waals surface area contributed by atoms with E-state index in [0.717, 1.165) is 4.90 Å². The van der Waals surface area contributed by atoms with Gasteiger partial charge in [-0.25, -0.2) is 13.2 Å². The van der Waals surface area contributed by atoms with Gasteiger partial charge in [0.15, 0.2) is 21.0 Å². The Kier molecular flexibility index (Phi) is 5.53. The number of rotatable bonds is 6. The van der Waals surface area contributed by atoms with Crippen molar-refractivity contribution >= 4 is 27.5 Å². The summed E-state index contributed by atoms with van der Waals surface area (Å²) in [5.41, 5.74) is -0.199. The van der Waals surface area contributed by atoms with Crippen molar-refractivity contribution in [2.45, 2.75) is 32.6 Å². The molecule has 0 radical (unpaired) electrons. The van der Waals surface area contributed by atoms with Gasteiger partial charge in [0.1, 0.15) is 13.2 Å². The van der Waals surface area contributed by atoms with Crippen LogP contribution in [-0.4, -0.2) is 55.3 Å². The van der Waals surface area contributed by atoms with Gasteiger partial charge in [-0.05, 0) is 12.1 Å². The fraction of sp³-hybridized carbons (Fsp3) is 0.450. The number of fused-ring (bicyclic) bond motifs is 1. The molecule has 0 spiro atoms. The number of esters is 1. The average molecular weight is 421 g/mol. The molecule has 9 heteroatoms. The van der Waals surface area contributed by atoms with E-state index < -0.39 is 38.3 Å². The molecule has 8 nitrogen and oxygen atoms in total. The molecular weight excluding hydrogens is 398 g/mol. The molecule has 0 N–H and O–H groups in total. The number of β-lactam (4-membered cyclic amide) rings is 1. The number of hydrogen-bond acceptors (Lipinski definition) is 7. The molecular formula is C20H23NO7S. The van der Waals surface area contributed by atoms with Crippen molar-refractivity contribution in [1.82, 2.24) is 4.90 Å². The second-order valence-corrected chi connectivity index (χ2v) is 10.2. The number of ether oxygens (including phenoxy) is 2. The minimum Gasteiger partial charge on any atom is -0.471 e. The lowest BCUT2D eigenvalue weighted by atomic mass is 9.91. The molecule has 156 valence electrons. The topological polar surface area (TPSA) is 107 Å². The Hall–Kier alpha value is -2.68. The molecule has 0 unspecified atom stereocenters. The zero-order valence-electron chi connectivity index (χ0n) is 16.5. The Labute approximate surface area is 169 Å². The third kappa shape index (κ3) is 4.34. The van der Waals surface area contributed by atoms with Gasteiger partial charge in [-0.15, -0.1) is 0 Å². The van der Waals surface area contributed by atoms with Crippen LogP contribution in [0.5, 0.6) is 0 Å². The highest BCUT2D eigenvalue weighted by Crippen LogP contribution is 2.37. The first-order valence-electron chi connectivity index (χ1n) is 9.14. The summed E-state index contributed by atoms with van der Waals surface area (Å²) in [6.07, 6.45) is -0.126.